The molecule has 5 heteroatoms. The van der Waals surface area contributed by atoms with E-state index in [-0.39, 0.29) is 5.91 Å². The van der Waals surface area contributed by atoms with Gasteiger partial charge in [0.05, 0.1) is 5.69 Å². The molecule has 2 N–H and O–H groups in total. The van der Waals surface area contributed by atoms with Gasteiger partial charge in [-0.25, -0.2) is 4.98 Å². The molecule has 2 aromatic heterocycles. The second-order valence-electron chi connectivity index (χ2n) is 6.08. The minimum absolute atomic E-state index is 0.0929. The van der Waals surface area contributed by atoms with Crippen LogP contribution in [-0.4, -0.2) is 21.8 Å². The smallest absolute Gasteiger partial charge is 0.223 e. The summed E-state index contributed by atoms with van der Waals surface area (Å²) in [5.41, 5.74) is 12.8. The molecule has 1 aliphatic heterocycles. The summed E-state index contributed by atoms with van der Waals surface area (Å²) >= 11 is 0. The molecule has 0 saturated carbocycles. The number of aromatic nitrogens is 2. The summed E-state index contributed by atoms with van der Waals surface area (Å²) in [6.45, 7) is 4.38. The first-order chi connectivity index (χ1) is 11.0. The number of imidazole rings is 1. The van der Waals surface area contributed by atoms with Crippen LogP contribution in [0, 0.1) is 6.92 Å². The van der Waals surface area contributed by atoms with Crippen molar-refractivity contribution in [3.8, 4) is 11.3 Å². The molecule has 3 heterocycles. The van der Waals surface area contributed by atoms with Crippen molar-refractivity contribution in [3.05, 3.63) is 47.8 Å². The molecule has 3 aromatic rings. The van der Waals surface area contributed by atoms with Gasteiger partial charge in [-0.2, -0.15) is 0 Å². The first-order valence-electron chi connectivity index (χ1n) is 7.69. The van der Waals surface area contributed by atoms with Gasteiger partial charge in [-0.05, 0) is 42.7 Å². The van der Waals surface area contributed by atoms with E-state index in [1.54, 1.807) is 6.92 Å². The van der Waals surface area contributed by atoms with Gasteiger partial charge in [-0.3, -0.25) is 4.79 Å². The minimum atomic E-state index is 0.0929. The van der Waals surface area contributed by atoms with Crippen LogP contribution in [0.1, 0.15) is 18.1 Å². The molecule has 0 bridgehead atoms. The van der Waals surface area contributed by atoms with Crippen LogP contribution in [0.25, 0.3) is 16.9 Å². The summed E-state index contributed by atoms with van der Waals surface area (Å²) in [7, 11) is 0. The SMILES string of the molecule is CC(=O)N1CCc2cc(-c3cn4cc(N)cc(C)c4n3)ccc21. The van der Waals surface area contributed by atoms with Gasteiger partial charge in [-0.1, -0.05) is 6.07 Å². The van der Waals surface area contributed by atoms with Gasteiger partial charge < -0.3 is 15.0 Å². The molecule has 0 saturated heterocycles. The standard InChI is InChI=1S/C18H18N4O/c1-11-7-15(19)9-21-10-16(20-18(11)21)13-3-4-17-14(8-13)5-6-22(17)12(2)23/h3-4,7-10H,5-6,19H2,1-2H3. The molecule has 0 radical (unpaired) electrons. The number of amides is 1. The quantitative estimate of drug-likeness (QED) is 0.752. The molecule has 116 valence electrons. The second kappa shape index (κ2) is 4.84. The Morgan fingerprint density at radius 1 is 1.26 bits per heavy atom. The van der Waals surface area contributed by atoms with E-state index in [2.05, 4.69) is 6.07 Å². The van der Waals surface area contributed by atoms with Crippen molar-refractivity contribution in [3.63, 3.8) is 0 Å². The number of carbonyl (C=O) groups is 1. The maximum atomic E-state index is 11.6. The van der Waals surface area contributed by atoms with Gasteiger partial charge in [0.25, 0.3) is 0 Å². The van der Waals surface area contributed by atoms with Crippen molar-refractivity contribution in [2.24, 2.45) is 0 Å². The molecule has 23 heavy (non-hydrogen) atoms. The van der Waals surface area contributed by atoms with Crippen LogP contribution in [0.15, 0.2) is 36.7 Å². The fourth-order valence-electron chi connectivity index (χ4n) is 3.32. The van der Waals surface area contributed by atoms with Crippen LogP contribution in [0.4, 0.5) is 11.4 Å². The lowest BCUT2D eigenvalue weighted by molar-refractivity contribution is -0.116. The third kappa shape index (κ3) is 2.16. The molecule has 0 unspecified atom stereocenters. The van der Waals surface area contributed by atoms with Crippen molar-refractivity contribution in [2.45, 2.75) is 20.3 Å². The molecule has 1 aliphatic rings. The van der Waals surface area contributed by atoms with Crippen LogP contribution in [0.2, 0.25) is 0 Å². The summed E-state index contributed by atoms with van der Waals surface area (Å²) in [6, 6.07) is 8.11. The number of carbonyl (C=O) groups excluding carboxylic acids is 1. The molecule has 0 atom stereocenters. The Bertz CT molecular complexity index is 942. The van der Waals surface area contributed by atoms with Crippen molar-refractivity contribution in [1.29, 1.82) is 0 Å². The summed E-state index contributed by atoms with van der Waals surface area (Å²) in [5.74, 6) is 0.0929. The number of benzene rings is 1. The Morgan fingerprint density at radius 3 is 2.87 bits per heavy atom. The second-order valence-corrected chi connectivity index (χ2v) is 6.08. The highest BCUT2D eigenvalue weighted by atomic mass is 16.2. The van der Waals surface area contributed by atoms with Crippen molar-refractivity contribution in [2.75, 3.05) is 17.2 Å². The fraction of sp³-hybridized carbons (Fsp3) is 0.222. The Labute approximate surface area is 134 Å². The van der Waals surface area contributed by atoms with E-state index in [0.29, 0.717) is 0 Å². The summed E-state index contributed by atoms with van der Waals surface area (Å²) in [4.78, 5) is 18.2. The zero-order chi connectivity index (χ0) is 16.1. The summed E-state index contributed by atoms with van der Waals surface area (Å²) < 4.78 is 1.97. The van der Waals surface area contributed by atoms with Gasteiger partial charge in [-0.15, -0.1) is 0 Å². The molecular weight excluding hydrogens is 288 g/mol. The van der Waals surface area contributed by atoms with Crippen LogP contribution in [0.3, 0.4) is 0 Å². The Balaban J connectivity index is 1.80. The number of aryl methyl sites for hydroxylation is 1. The van der Waals surface area contributed by atoms with Gasteiger partial charge in [0.15, 0.2) is 0 Å². The van der Waals surface area contributed by atoms with Crippen LogP contribution in [-0.2, 0) is 11.2 Å². The van der Waals surface area contributed by atoms with Gasteiger partial charge >= 0.3 is 0 Å². The van der Waals surface area contributed by atoms with Crippen molar-refractivity contribution in [1.82, 2.24) is 9.38 Å². The predicted octanol–water partition coefficient (Wildman–Crippen LogP) is 2.80. The number of hydrogen-bond acceptors (Lipinski definition) is 3. The first kappa shape index (κ1) is 13.8. The van der Waals surface area contributed by atoms with E-state index in [1.807, 2.05) is 46.8 Å². The lowest BCUT2D eigenvalue weighted by atomic mass is 10.1. The van der Waals surface area contributed by atoms with Crippen LogP contribution >= 0.6 is 0 Å². The summed E-state index contributed by atoms with van der Waals surface area (Å²) in [6.07, 6.45) is 4.77. The molecule has 4 rings (SSSR count). The highest BCUT2D eigenvalue weighted by molar-refractivity contribution is 5.94. The topological polar surface area (TPSA) is 63.6 Å². The van der Waals surface area contributed by atoms with E-state index in [0.717, 1.165) is 46.8 Å². The zero-order valence-corrected chi connectivity index (χ0v) is 13.2. The van der Waals surface area contributed by atoms with Crippen LogP contribution < -0.4 is 10.6 Å². The van der Waals surface area contributed by atoms with Gasteiger partial charge in [0, 0.05) is 42.8 Å². The van der Waals surface area contributed by atoms with E-state index in [9.17, 15) is 4.79 Å². The number of anilines is 2. The average Bonchev–Trinajstić information content (AvgIpc) is 3.09. The highest BCUT2D eigenvalue weighted by Gasteiger charge is 2.22. The highest BCUT2D eigenvalue weighted by Crippen LogP contribution is 2.32. The van der Waals surface area contributed by atoms with Crippen molar-refractivity contribution < 1.29 is 4.79 Å². The Hall–Kier alpha value is -2.82. The molecule has 0 fully saturated rings. The van der Waals surface area contributed by atoms with E-state index in [4.69, 9.17) is 10.7 Å². The average molecular weight is 306 g/mol. The van der Waals surface area contributed by atoms with E-state index >= 15 is 0 Å². The van der Waals surface area contributed by atoms with Gasteiger partial charge in [0.1, 0.15) is 5.65 Å². The molecule has 0 aliphatic carbocycles. The van der Waals surface area contributed by atoms with Crippen molar-refractivity contribution >= 4 is 22.9 Å². The molecular formula is C18H18N4O. The maximum Gasteiger partial charge on any atom is 0.223 e. The first-order valence-corrected chi connectivity index (χ1v) is 7.69. The van der Waals surface area contributed by atoms with Crippen LogP contribution in [0.5, 0.6) is 0 Å². The third-order valence-electron chi connectivity index (χ3n) is 4.41. The van der Waals surface area contributed by atoms with Gasteiger partial charge in [0.2, 0.25) is 5.91 Å². The largest absolute Gasteiger partial charge is 0.398 e. The number of nitrogens with two attached hydrogens (primary N) is 1. The molecule has 1 amide bonds. The molecule has 1 aromatic carbocycles. The van der Waals surface area contributed by atoms with E-state index < -0.39 is 0 Å². The maximum absolute atomic E-state index is 11.6. The van der Waals surface area contributed by atoms with E-state index in [1.165, 1.54) is 5.56 Å². The number of hydrogen-bond donors (Lipinski definition) is 1. The third-order valence-corrected chi connectivity index (χ3v) is 4.41. The monoisotopic (exact) mass is 306 g/mol. The summed E-state index contributed by atoms with van der Waals surface area (Å²) in [5, 5.41) is 0. The Kier molecular flexibility index (Phi) is 2.91. The predicted molar refractivity (Wildman–Crippen MR) is 91.5 cm³/mol. The molecule has 5 nitrogen and oxygen atoms in total. The number of nitrogen functional groups attached to an aromatic ring is 1. The normalized spacial score (nSPS) is 13.6. The lowest BCUT2D eigenvalue weighted by Crippen LogP contribution is -2.25. The number of nitrogens with zero attached hydrogens (tertiary/aromatic N) is 3. The number of pyridine rings is 1. The Morgan fingerprint density at radius 2 is 2.09 bits per heavy atom. The number of fused-ring (bicyclic) bond motifs is 2. The number of rotatable bonds is 1. The molecule has 0 spiro atoms. The minimum Gasteiger partial charge on any atom is -0.398 e. The zero-order valence-electron chi connectivity index (χ0n) is 13.2. The lowest BCUT2D eigenvalue weighted by Gasteiger charge is -2.14. The fourth-order valence-corrected chi connectivity index (χ4v) is 3.32.